The van der Waals surface area contributed by atoms with Crippen LogP contribution in [0.1, 0.15) is 25.3 Å². The highest BCUT2D eigenvalue weighted by atomic mass is 16.5. The van der Waals surface area contributed by atoms with Crippen LogP contribution in [0.5, 0.6) is 0 Å². The van der Waals surface area contributed by atoms with Crippen molar-refractivity contribution < 1.29 is 4.74 Å². The lowest BCUT2D eigenvalue weighted by molar-refractivity contribution is -0.0508. The van der Waals surface area contributed by atoms with Crippen LogP contribution in [0.3, 0.4) is 0 Å². The van der Waals surface area contributed by atoms with Gasteiger partial charge in [-0.3, -0.25) is 0 Å². The minimum absolute atomic E-state index is 0.137. The van der Waals surface area contributed by atoms with Crippen molar-refractivity contribution in [1.82, 2.24) is 30.0 Å². The van der Waals surface area contributed by atoms with E-state index in [0.29, 0.717) is 0 Å². The first kappa shape index (κ1) is 12.7. The Bertz CT molecular complexity index is 957. The third kappa shape index (κ3) is 2.01. The second kappa shape index (κ2) is 4.85. The van der Waals surface area contributed by atoms with Crippen LogP contribution in [0.4, 0.5) is 0 Å². The molecule has 0 N–H and O–H groups in total. The molecule has 114 valence electrons. The van der Waals surface area contributed by atoms with Gasteiger partial charge in [0.25, 0.3) is 0 Å². The Balaban J connectivity index is 1.46. The second-order valence-electron chi connectivity index (χ2n) is 5.65. The van der Waals surface area contributed by atoms with Crippen molar-refractivity contribution >= 4 is 22.1 Å². The summed E-state index contributed by atoms with van der Waals surface area (Å²) in [6.07, 6.45) is 1.40. The maximum absolute atomic E-state index is 6.13. The van der Waals surface area contributed by atoms with Gasteiger partial charge in [-0.2, -0.15) is 15.0 Å². The topological polar surface area (TPSA) is 70.7 Å². The van der Waals surface area contributed by atoms with Crippen molar-refractivity contribution in [2.75, 3.05) is 0 Å². The van der Waals surface area contributed by atoms with Gasteiger partial charge in [0, 0.05) is 6.42 Å². The molecule has 0 amide bonds. The molecular formula is C16H14N6O. The van der Waals surface area contributed by atoms with Crippen LogP contribution >= 0.6 is 0 Å². The Morgan fingerprint density at radius 3 is 2.26 bits per heavy atom. The lowest BCUT2D eigenvalue weighted by Crippen LogP contribution is -2.14. The van der Waals surface area contributed by atoms with Crippen molar-refractivity contribution in [3.05, 3.63) is 48.5 Å². The van der Waals surface area contributed by atoms with E-state index in [9.17, 15) is 0 Å². The lowest BCUT2D eigenvalue weighted by Gasteiger charge is -2.13. The summed E-state index contributed by atoms with van der Waals surface area (Å²) in [5.41, 5.74) is 3.62. The summed E-state index contributed by atoms with van der Waals surface area (Å²) in [5.74, 6) is 0. The summed E-state index contributed by atoms with van der Waals surface area (Å²) in [7, 11) is 0. The largest absolute Gasteiger partial charge is 0.330 e. The van der Waals surface area contributed by atoms with E-state index in [2.05, 4.69) is 20.5 Å². The van der Waals surface area contributed by atoms with Gasteiger partial charge in [0.1, 0.15) is 16.6 Å². The zero-order chi connectivity index (χ0) is 15.2. The predicted molar refractivity (Wildman–Crippen MR) is 83.4 cm³/mol. The summed E-state index contributed by atoms with van der Waals surface area (Å²) in [6.45, 7) is 0. The molecule has 7 nitrogen and oxygen atoms in total. The Hall–Kier alpha value is -2.80. The van der Waals surface area contributed by atoms with Crippen molar-refractivity contribution in [1.29, 1.82) is 0 Å². The van der Waals surface area contributed by atoms with E-state index in [-0.39, 0.29) is 12.5 Å². The summed E-state index contributed by atoms with van der Waals surface area (Å²) in [5, 5.41) is 17.4. The average Bonchev–Trinajstić information content (AvgIpc) is 3.31. The summed E-state index contributed by atoms with van der Waals surface area (Å²) < 4.78 is 7.97. The molecular weight excluding hydrogens is 292 g/mol. The van der Waals surface area contributed by atoms with Gasteiger partial charge in [0.2, 0.25) is 0 Å². The molecule has 23 heavy (non-hydrogen) atoms. The Morgan fingerprint density at radius 2 is 1.48 bits per heavy atom. The number of hydrogen-bond donors (Lipinski definition) is 0. The molecule has 1 aliphatic heterocycles. The number of benzene rings is 2. The van der Waals surface area contributed by atoms with Crippen molar-refractivity contribution in [3.63, 3.8) is 0 Å². The summed E-state index contributed by atoms with van der Waals surface area (Å²) >= 11 is 0. The number of hydrogen-bond acceptors (Lipinski definition) is 5. The van der Waals surface area contributed by atoms with Gasteiger partial charge in [0.15, 0.2) is 12.5 Å². The van der Waals surface area contributed by atoms with E-state index in [0.717, 1.165) is 34.9 Å². The van der Waals surface area contributed by atoms with E-state index < -0.39 is 0 Å². The van der Waals surface area contributed by atoms with E-state index in [1.54, 1.807) is 4.80 Å². The van der Waals surface area contributed by atoms with Gasteiger partial charge in [-0.1, -0.05) is 29.5 Å². The van der Waals surface area contributed by atoms with Gasteiger partial charge in [-0.05, 0) is 30.7 Å². The number of ether oxygens (including phenoxy) is 1. The molecule has 3 heterocycles. The maximum Gasteiger partial charge on any atom is 0.172 e. The first-order valence-corrected chi connectivity index (χ1v) is 7.65. The number of rotatable bonds is 2. The fourth-order valence-corrected chi connectivity index (χ4v) is 3.06. The van der Waals surface area contributed by atoms with Gasteiger partial charge in [-0.15, -0.1) is 5.10 Å². The quantitative estimate of drug-likeness (QED) is 0.569. The van der Waals surface area contributed by atoms with Gasteiger partial charge in [0.05, 0.1) is 5.52 Å². The zero-order valence-electron chi connectivity index (χ0n) is 12.3. The molecule has 5 rings (SSSR count). The number of para-hydroxylation sites is 1. The van der Waals surface area contributed by atoms with E-state index in [4.69, 9.17) is 4.74 Å². The highest BCUT2D eigenvalue weighted by Gasteiger charge is 2.31. The zero-order valence-corrected chi connectivity index (χ0v) is 12.3. The number of aromatic nitrogens is 6. The smallest absolute Gasteiger partial charge is 0.172 e. The van der Waals surface area contributed by atoms with Crippen LogP contribution in [-0.4, -0.2) is 30.0 Å². The Morgan fingerprint density at radius 1 is 0.826 bits per heavy atom. The predicted octanol–water partition coefficient (Wildman–Crippen LogP) is 2.68. The third-order valence-corrected chi connectivity index (χ3v) is 4.18. The molecule has 7 heteroatoms. The molecule has 0 radical (unpaired) electrons. The van der Waals surface area contributed by atoms with Crippen molar-refractivity contribution in [2.45, 2.75) is 25.3 Å². The summed E-state index contributed by atoms with van der Waals surface area (Å²) in [4.78, 5) is 1.67. The van der Waals surface area contributed by atoms with E-state index in [1.165, 1.54) is 0 Å². The molecule has 0 bridgehead atoms. The molecule has 1 saturated heterocycles. The standard InChI is InChI=1S/C16H14N6O/c1-2-6-12-11(5-1)18-22(19-12)16-10-9-15(23-16)21-14-8-4-3-7-13(14)17-20-21/h1-8,15-16H,9-10H2. The van der Waals surface area contributed by atoms with Crippen LogP contribution < -0.4 is 0 Å². The lowest BCUT2D eigenvalue weighted by atomic mass is 10.3. The van der Waals surface area contributed by atoms with Crippen molar-refractivity contribution in [2.24, 2.45) is 0 Å². The minimum atomic E-state index is -0.171. The molecule has 2 atom stereocenters. The first-order valence-electron chi connectivity index (χ1n) is 7.65. The number of nitrogens with zero attached hydrogens (tertiary/aromatic N) is 6. The SMILES string of the molecule is c1ccc2nn(C3CCC(n4nnc5ccccc54)O3)nc2c1. The monoisotopic (exact) mass is 306 g/mol. The van der Waals surface area contributed by atoms with Gasteiger partial charge >= 0.3 is 0 Å². The maximum atomic E-state index is 6.13. The van der Waals surface area contributed by atoms with Crippen LogP contribution in [-0.2, 0) is 4.74 Å². The van der Waals surface area contributed by atoms with Crippen molar-refractivity contribution in [3.8, 4) is 0 Å². The fourth-order valence-electron chi connectivity index (χ4n) is 3.06. The van der Waals surface area contributed by atoms with Crippen LogP contribution in [0.2, 0.25) is 0 Å². The molecule has 2 aromatic heterocycles. The molecule has 0 spiro atoms. The Kier molecular flexibility index (Phi) is 2.68. The van der Waals surface area contributed by atoms with Gasteiger partial charge < -0.3 is 4.74 Å². The molecule has 1 aliphatic rings. The van der Waals surface area contributed by atoms with E-state index in [1.807, 2.05) is 53.2 Å². The van der Waals surface area contributed by atoms with Gasteiger partial charge in [-0.25, -0.2) is 4.68 Å². The molecule has 4 aromatic rings. The van der Waals surface area contributed by atoms with E-state index >= 15 is 0 Å². The normalized spacial score (nSPS) is 21.4. The van der Waals surface area contributed by atoms with Crippen LogP contribution in [0.15, 0.2) is 48.5 Å². The van der Waals surface area contributed by atoms with Crippen LogP contribution in [0, 0.1) is 0 Å². The highest BCUT2D eigenvalue weighted by Crippen LogP contribution is 2.35. The molecule has 0 aliphatic carbocycles. The third-order valence-electron chi connectivity index (χ3n) is 4.18. The first-order chi connectivity index (χ1) is 11.4. The van der Waals surface area contributed by atoms with Crippen LogP contribution in [0.25, 0.3) is 22.1 Å². The average molecular weight is 306 g/mol. The molecule has 1 fully saturated rings. The summed E-state index contributed by atoms with van der Waals surface area (Å²) in [6, 6.07) is 15.7. The second-order valence-corrected chi connectivity index (χ2v) is 5.65. The molecule has 2 unspecified atom stereocenters. The highest BCUT2D eigenvalue weighted by molar-refractivity contribution is 5.74. The number of fused-ring (bicyclic) bond motifs is 2. The molecule has 0 saturated carbocycles. The minimum Gasteiger partial charge on any atom is -0.330 e. The Labute approximate surface area is 131 Å². The molecule has 2 aromatic carbocycles. The fraction of sp³-hybridized carbons (Fsp3) is 0.250.